The van der Waals surface area contributed by atoms with Gasteiger partial charge in [0, 0.05) is 12.0 Å². The quantitative estimate of drug-likeness (QED) is 0.869. The molecule has 19 heavy (non-hydrogen) atoms. The summed E-state index contributed by atoms with van der Waals surface area (Å²) in [7, 11) is 0. The number of carboxylic acid groups (broad SMARTS) is 1. The fourth-order valence-electron chi connectivity index (χ4n) is 2.03. The average Bonchev–Trinajstić information content (AvgIpc) is 2.39. The van der Waals surface area contributed by atoms with Gasteiger partial charge in [0.15, 0.2) is 6.10 Å². The van der Waals surface area contributed by atoms with Crippen molar-refractivity contribution in [3.8, 4) is 0 Å². The highest BCUT2D eigenvalue weighted by molar-refractivity contribution is 5.72. The lowest BCUT2D eigenvalue weighted by molar-refractivity contribution is -0.146. The Morgan fingerprint density at radius 3 is 2.84 bits per heavy atom. The third-order valence-corrected chi connectivity index (χ3v) is 3.06. The number of benzene rings is 1. The van der Waals surface area contributed by atoms with Crippen LogP contribution in [-0.2, 0) is 16.0 Å². The number of rotatable bonds is 4. The van der Waals surface area contributed by atoms with Gasteiger partial charge in [0.25, 0.3) is 0 Å². The predicted octanol–water partition coefficient (Wildman–Crippen LogP) is 1.62. The van der Waals surface area contributed by atoms with Crippen LogP contribution in [-0.4, -0.2) is 35.5 Å². The molecule has 1 aromatic carbocycles. The molecule has 0 saturated heterocycles. The molecular formula is C14H15FO4. The minimum atomic E-state index is -1.51. The van der Waals surface area contributed by atoms with Gasteiger partial charge in [0.1, 0.15) is 5.82 Å². The summed E-state index contributed by atoms with van der Waals surface area (Å²) in [6, 6.07) is 4.54. The third kappa shape index (κ3) is 3.39. The molecule has 4 nitrogen and oxygen atoms in total. The van der Waals surface area contributed by atoms with Crippen molar-refractivity contribution in [2.75, 3.05) is 13.2 Å². The van der Waals surface area contributed by atoms with Gasteiger partial charge in [-0.25, -0.2) is 9.18 Å². The van der Waals surface area contributed by atoms with Gasteiger partial charge in [-0.15, -0.1) is 0 Å². The molecular weight excluding hydrogens is 251 g/mol. The van der Waals surface area contributed by atoms with Crippen molar-refractivity contribution in [1.29, 1.82) is 0 Å². The molecule has 0 fully saturated rings. The van der Waals surface area contributed by atoms with Crippen LogP contribution in [0.2, 0.25) is 0 Å². The van der Waals surface area contributed by atoms with Crippen LogP contribution in [0.15, 0.2) is 24.3 Å². The van der Waals surface area contributed by atoms with Gasteiger partial charge in [0.05, 0.1) is 13.2 Å². The van der Waals surface area contributed by atoms with Crippen molar-refractivity contribution in [3.05, 3.63) is 41.2 Å². The highest BCUT2D eigenvalue weighted by Crippen LogP contribution is 2.24. The molecule has 5 heteroatoms. The lowest BCUT2D eigenvalue weighted by atomic mass is 9.98. The summed E-state index contributed by atoms with van der Waals surface area (Å²) in [4.78, 5) is 10.5. The molecule has 0 saturated carbocycles. The van der Waals surface area contributed by atoms with E-state index in [-0.39, 0.29) is 6.42 Å². The summed E-state index contributed by atoms with van der Waals surface area (Å²) in [5, 5.41) is 17.8. The highest BCUT2D eigenvalue weighted by atomic mass is 19.1. The zero-order valence-electron chi connectivity index (χ0n) is 10.3. The first kappa shape index (κ1) is 13.7. The number of aliphatic hydroxyl groups excluding tert-OH is 1. The maximum atomic E-state index is 14.0. The number of carboxylic acids is 1. The zero-order valence-corrected chi connectivity index (χ0v) is 10.3. The smallest absolute Gasteiger partial charge is 0.332 e. The maximum Gasteiger partial charge on any atom is 0.332 e. The summed E-state index contributed by atoms with van der Waals surface area (Å²) >= 11 is 0. The van der Waals surface area contributed by atoms with E-state index in [1.807, 2.05) is 6.08 Å². The van der Waals surface area contributed by atoms with Gasteiger partial charge in [-0.05, 0) is 23.6 Å². The van der Waals surface area contributed by atoms with E-state index in [9.17, 15) is 14.3 Å². The van der Waals surface area contributed by atoms with Crippen LogP contribution >= 0.6 is 0 Å². The minimum absolute atomic E-state index is 0.102. The number of ether oxygens (including phenoxy) is 1. The Labute approximate surface area is 110 Å². The van der Waals surface area contributed by atoms with Crippen molar-refractivity contribution in [3.63, 3.8) is 0 Å². The molecule has 1 aliphatic heterocycles. The molecule has 2 N–H and O–H groups in total. The molecule has 0 amide bonds. The topological polar surface area (TPSA) is 66.8 Å². The number of hydrogen-bond donors (Lipinski definition) is 2. The first-order valence-electron chi connectivity index (χ1n) is 6.04. The lowest BCUT2D eigenvalue weighted by Gasteiger charge is -2.15. The second-order valence-corrected chi connectivity index (χ2v) is 4.43. The molecule has 1 aliphatic rings. The number of halogens is 1. The Bertz CT molecular complexity index is 510. The monoisotopic (exact) mass is 266 g/mol. The van der Waals surface area contributed by atoms with Gasteiger partial charge in [-0.2, -0.15) is 0 Å². The second kappa shape index (κ2) is 5.95. The lowest BCUT2D eigenvalue weighted by Crippen LogP contribution is -2.22. The number of carbonyl (C=O) groups is 1. The largest absolute Gasteiger partial charge is 0.479 e. The van der Waals surface area contributed by atoms with Crippen LogP contribution in [0.3, 0.4) is 0 Å². The normalized spacial score (nSPS) is 16.8. The van der Waals surface area contributed by atoms with E-state index in [0.717, 1.165) is 5.57 Å². The van der Waals surface area contributed by atoms with Crippen molar-refractivity contribution < 1.29 is 24.1 Å². The Balaban J connectivity index is 2.17. The van der Waals surface area contributed by atoms with Crippen molar-refractivity contribution in [2.45, 2.75) is 18.9 Å². The van der Waals surface area contributed by atoms with Gasteiger partial charge >= 0.3 is 5.97 Å². The summed E-state index contributed by atoms with van der Waals surface area (Å²) in [5.74, 6) is -1.71. The van der Waals surface area contributed by atoms with Gasteiger partial charge < -0.3 is 14.9 Å². The van der Waals surface area contributed by atoms with E-state index in [4.69, 9.17) is 9.84 Å². The maximum absolute atomic E-state index is 14.0. The SMILES string of the molecule is O=C(O)[C@@H](O)Cc1ccc(C2=CCOCC2)c(F)c1. The van der Waals surface area contributed by atoms with Crippen molar-refractivity contribution in [1.82, 2.24) is 0 Å². The van der Waals surface area contributed by atoms with Gasteiger partial charge in [0.2, 0.25) is 0 Å². The third-order valence-electron chi connectivity index (χ3n) is 3.06. The Kier molecular flexibility index (Phi) is 4.29. The number of hydrogen-bond acceptors (Lipinski definition) is 3. The van der Waals surface area contributed by atoms with Gasteiger partial charge in [-0.1, -0.05) is 18.2 Å². The average molecular weight is 266 g/mol. The first-order valence-corrected chi connectivity index (χ1v) is 6.04. The summed E-state index contributed by atoms with van der Waals surface area (Å²) in [6.07, 6.45) is 0.892. The van der Waals surface area contributed by atoms with E-state index in [1.165, 1.54) is 6.07 Å². The van der Waals surface area contributed by atoms with Gasteiger partial charge in [-0.3, -0.25) is 0 Å². The molecule has 2 rings (SSSR count). The molecule has 0 bridgehead atoms. The molecule has 1 aromatic rings. The van der Waals surface area contributed by atoms with Crippen LogP contribution < -0.4 is 0 Å². The molecule has 0 spiro atoms. The summed E-state index contributed by atoms with van der Waals surface area (Å²) in [6.45, 7) is 1.05. The van der Waals surface area contributed by atoms with E-state index >= 15 is 0 Å². The van der Waals surface area contributed by atoms with E-state index in [1.54, 1.807) is 12.1 Å². The molecule has 0 aliphatic carbocycles. The molecule has 102 valence electrons. The molecule has 1 atom stereocenters. The fourth-order valence-corrected chi connectivity index (χ4v) is 2.03. The van der Waals surface area contributed by atoms with Crippen molar-refractivity contribution >= 4 is 11.5 Å². The number of aliphatic hydroxyl groups is 1. The van der Waals surface area contributed by atoms with Crippen LogP contribution in [0.4, 0.5) is 4.39 Å². The fraction of sp³-hybridized carbons (Fsp3) is 0.357. The standard InChI is InChI=1S/C14H15FO4/c15-12-7-9(8-13(16)14(17)18)1-2-11(12)10-3-5-19-6-4-10/h1-3,7,13,16H,4-6,8H2,(H,17,18)/t13-/m0/s1. The van der Waals surface area contributed by atoms with E-state index in [0.29, 0.717) is 30.8 Å². The van der Waals surface area contributed by atoms with E-state index < -0.39 is 17.9 Å². The second-order valence-electron chi connectivity index (χ2n) is 4.43. The van der Waals surface area contributed by atoms with Crippen LogP contribution in [0.5, 0.6) is 0 Å². The Hall–Kier alpha value is -1.72. The number of aliphatic carboxylic acids is 1. The first-order chi connectivity index (χ1) is 9.08. The van der Waals surface area contributed by atoms with Crippen LogP contribution in [0.1, 0.15) is 17.5 Å². The molecule has 0 radical (unpaired) electrons. The Morgan fingerprint density at radius 1 is 1.47 bits per heavy atom. The minimum Gasteiger partial charge on any atom is -0.479 e. The molecule has 1 heterocycles. The summed E-state index contributed by atoms with van der Waals surface area (Å²) in [5.41, 5.74) is 1.87. The summed E-state index contributed by atoms with van der Waals surface area (Å²) < 4.78 is 19.1. The molecule has 0 unspecified atom stereocenters. The Morgan fingerprint density at radius 2 is 2.26 bits per heavy atom. The predicted molar refractivity (Wildman–Crippen MR) is 67.2 cm³/mol. The van der Waals surface area contributed by atoms with Crippen LogP contribution in [0.25, 0.3) is 5.57 Å². The van der Waals surface area contributed by atoms with Crippen molar-refractivity contribution in [2.24, 2.45) is 0 Å². The zero-order chi connectivity index (χ0) is 13.8. The van der Waals surface area contributed by atoms with E-state index in [2.05, 4.69) is 0 Å². The molecule has 0 aromatic heterocycles. The highest BCUT2D eigenvalue weighted by Gasteiger charge is 2.16. The van der Waals surface area contributed by atoms with Crippen LogP contribution in [0, 0.1) is 5.82 Å².